The number of hydrogen-bond acceptors (Lipinski definition) is 2. The number of halogens is 2. The van der Waals surface area contributed by atoms with Crippen molar-refractivity contribution in [2.75, 3.05) is 5.73 Å². The molecule has 2 nitrogen and oxygen atoms in total. The highest BCUT2D eigenvalue weighted by molar-refractivity contribution is 14.1. The number of nitrogens with two attached hydrogens (primary N) is 1. The number of ether oxygens (including phenoxy) is 1. The normalized spacial score (nSPS) is 10.4. The lowest BCUT2D eigenvalue weighted by atomic mass is 10.1. The monoisotopic (exact) mass is 373 g/mol. The Balaban J connectivity index is 2.40. The average Bonchev–Trinajstić information content (AvgIpc) is 2.25. The number of aryl methyl sites for hydroxylation is 2. The van der Waals surface area contributed by atoms with E-state index in [1.165, 1.54) is 0 Å². The molecular formula is C14H13ClINO. The molecule has 94 valence electrons. The van der Waals surface area contributed by atoms with Crippen molar-refractivity contribution in [3.63, 3.8) is 0 Å². The molecule has 0 aliphatic rings. The predicted molar refractivity (Wildman–Crippen MR) is 84.6 cm³/mol. The minimum Gasteiger partial charge on any atom is -0.456 e. The molecule has 2 N–H and O–H groups in total. The molecule has 0 radical (unpaired) electrons. The summed E-state index contributed by atoms with van der Waals surface area (Å²) in [6.07, 6.45) is 0. The number of rotatable bonds is 2. The second-order valence-corrected chi connectivity index (χ2v) is 5.76. The second kappa shape index (κ2) is 5.36. The summed E-state index contributed by atoms with van der Waals surface area (Å²) in [4.78, 5) is 0. The fraction of sp³-hybridized carbons (Fsp3) is 0.143. The van der Waals surface area contributed by atoms with Crippen LogP contribution >= 0.6 is 34.2 Å². The Labute approximate surface area is 125 Å². The molecule has 0 aromatic heterocycles. The van der Waals surface area contributed by atoms with Crippen molar-refractivity contribution in [1.29, 1.82) is 0 Å². The van der Waals surface area contributed by atoms with Gasteiger partial charge in [0, 0.05) is 10.7 Å². The highest BCUT2D eigenvalue weighted by atomic mass is 127. The van der Waals surface area contributed by atoms with E-state index >= 15 is 0 Å². The summed E-state index contributed by atoms with van der Waals surface area (Å²) in [5, 5.41) is 0.726. The van der Waals surface area contributed by atoms with Crippen molar-refractivity contribution >= 4 is 39.9 Å². The Morgan fingerprint density at radius 1 is 1.11 bits per heavy atom. The molecule has 0 heterocycles. The Morgan fingerprint density at radius 3 is 2.28 bits per heavy atom. The summed E-state index contributed by atoms with van der Waals surface area (Å²) in [6.45, 7) is 3.97. The van der Waals surface area contributed by atoms with Crippen LogP contribution in [0.1, 0.15) is 11.1 Å². The molecule has 0 saturated carbocycles. The summed E-state index contributed by atoms with van der Waals surface area (Å²) in [5.74, 6) is 1.65. The largest absolute Gasteiger partial charge is 0.456 e. The third-order valence-corrected chi connectivity index (χ3v) is 3.65. The van der Waals surface area contributed by atoms with Gasteiger partial charge in [0.2, 0.25) is 0 Å². The van der Waals surface area contributed by atoms with Gasteiger partial charge in [-0.2, -0.15) is 0 Å². The smallest absolute Gasteiger partial charge is 0.140 e. The van der Waals surface area contributed by atoms with Gasteiger partial charge in [0.15, 0.2) is 0 Å². The molecule has 0 spiro atoms. The molecule has 0 bridgehead atoms. The Kier molecular flexibility index (Phi) is 4.02. The van der Waals surface area contributed by atoms with Crippen molar-refractivity contribution < 1.29 is 4.74 Å². The van der Waals surface area contributed by atoms with Crippen LogP contribution in [0.25, 0.3) is 0 Å². The van der Waals surface area contributed by atoms with Crippen LogP contribution in [0.2, 0.25) is 5.02 Å². The van der Waals surface area contributed by atoms with E-state index in [1.54, 1.807) is 0 Å². The third kappa shape index (κ3) is 2.90. The molecular weight excluding hydrogens is 361 g/mol. The molecule has 0 fully saturated rings. The SMILES string of the molecule is Cc1cc(Cl)cc(C)c1Oc1ccc(N)cc1I. The maximum atomic E-state index is 6.00. The van der Waals surface area contributed by atoms with Crippen LogP contribution in [0, 0.1) is 17.4 Å². The third-order valence-electron chi connectivity index (χ3n) is 2.59. The van der Waals surface area contributed by atoms with Gasteiger partial charge in [0.1, 0.15) is 11.5 Å². The van der Waals surface area contributed by atoms with Gasteiger partial charge in [-0.25, -0.2) is 0 Å². The van der Waals surface area contributed by atoms with Crippen LogP contribution in [0.3, 0.4) is 0 Å². The number of nitrogen functional groups attached to an aromatic ring is 1. The Hall–Kier alpha value is -0.940. The van der Waals surface area contributed by atoms with E-state index in [-0.39, 0.29) is 0 Å². The molecule has 0 aliphatic carbocycles. The summed E-state index contributed by atoms with van der Waals surface area (Å²) in [5.41, 5.74) is 8.50. The predicted octanol–water partition coefficient (Wildman–Crippen LogP) is 4.94. The second-order valence-electron chi connectivity index (χ2n) is 4.16. The molecule has 2 aromatic rings. The first-order valence-electron chi connectivity index (χ1n) is 5.47. The minimum absolute atomic E-state index is 0.726. The number of anilines is 1. The molecule has 2 rings (SSSR count). The first-order chi connectivity index (χ1) is 8.47. The topological polar surface area (TPSA) is 35.2 Å². The van der Waals surface area contributed by atoms with Crippen molar-refractivity contribution in [2.45, 2.75) is 13.8 Å². The summed E-state index contributed by atoms with van der Waals surface area (Å²) in [6, 6.07) is 9.39. The van der Waals surface area contributed by atoms with E-state index in [0.717, 1.165) is 36.9 Å². The zero-order valence-electron chi connectivity index (χ0n) is 10.1. The van der Waals surface area contributed by atoms with Crippen LogP contribution < -0.4 is 10.5 Å². The molecule has 18 heavy (non-hydrogen) atoms. The molecule has 0 atom stereocenters. The Bertz CT molecular complexity index is 575. The van der Waals surface area contributed by atoms with Crippen LogP contribution in [0.15, 0.2) is 30.3 Å². The van der Waals surface area contributed by atoms with Crippen LogP contribution in [-0.4, -0.2) is 0 Å². The number of benzene rings is 2. The van der Waals surface area contributed by atoms with E-state index in [0.29, 0.717) is 0 Å². The van der Waals surface area contributed by atoms with Crippen molar-refractivity contribution in [1.82, 2.24) is 0 Å². The lowest BCUT2D eigenvalue weighted by molar-refractivity contribution is 0.472. The van der Waals surface area contributed by atoms with Gasteiger partial charge in [0.25, 0.3) is 0 Å². The Morgan fingerprint density at radius 2 is 1.72 bits per heavy atom. The van der Waals surface area contributed by atoms with Gasteiger partial charge in [-0.15, -0.1) is 0 Å². The van der Waals surface area contributed by atoms with Gasteiger partial charge in [-0.3, -0.25) is 0 Å². The van der Waals surface area contributed by atoms with Crippen molar-refractivity contribution in [3.8, 4) is 11.5 Å². The first-order valence-corrected chi connectivity index (χ1v) is 6.92. The van der Waals surface area contributed by atoms with Crippen molar-refractivity contribution in [3.05, 3.63) is 50.1 Å². The highest BCUT2D eigenvalue weighted by Gasteiger charge is 2.09. The lowest BCUT2D eigenvalue weighted by Gasteiger charge is -2.13. The maximum Gasteiger partial charge on any atom is 0.140 e. The molecule has 0 saturated heterocycles. The molecule has 0 aliphatic heterocycles. The quantitative estimate of drug-likeness (QED) is 0.598. The van der Waals surface area contributed by atoms with Crippen LogP contribution in [0.4, 0.5) is 5.69 Å². The van der Waals surface area contributed by atoms with Gasteiger partial charge < -0.3 is 10.5 Å². The molecule has 4 heteroatoms. The summed E-state index contributed by atoms with van der Waals surface area (Å²) >= 11 is 8.22. The van der Waals surface area contributed by atoms with E-state index in [4.69, 9.17) is 22.1 Å². The maximum absolute atomic E-state index is 6.00. The fourth-order valence-corrected chi connectivity index (χ4v) is 2.75. The van der Waals surface area contributed by atoms with E-state index < -0.39 is 0 Å². The van der Waals surface area contributed by atoms with E-state index in [1.807, 2.05) is 44.2 Å². The average molecular weight is 374 g/mol. The van der Waals surface area contributed by atoms with E-state index in [2.05, 4.69) is 22.6 Å². The molecule has 0 amide bonds. The van der Waals surface area contributed by atoms with Gasteiger partial charge in [-0.1, -0.05) is 11.6 Å². The zero-order valence-corrected chi connectivity index (χ0v) is 13.0. The fourth-order valence-electron chi connectivity index (χ4n) is 1.77. The zero-order chi connectivity index (χ0) is 13.3. The summed E-state index contributed by atoms with van der Waals surface area (Å²) < 4.78 is 6.95. The van der Waals surface area contributed by atoms with Crippen LogP contribution in [0.5, 0.6) is 11.5 Å². The van der Waals surface area contributed by atoms with Gasteiger partial charge >= 0.3 is 0 Å². The van der Waals surface area contributed by atoms with Crippen LogP contribution in [-0.2, 0) is 0 Å². The van der Waals surface area contributed by atoms with Crippen molar-refractivity contribution in [2.24, 2.45) is 0 Å². The highest BCUT2D eigenvalue weighted by Crippen LogP contribution is 2.34. The first kappa shape index (κ1) is 13.5. The van der Waals surface area contributed by atoms with Gasteiger partial charge in [-0.05, 0) is 77.9 Å². The standard InChI is InChI=1S/C14H13ClINO/c1-8-5-10(15)6-9(2)14(8)18-13-4-3-11(17)7-12(13)16/h3-7H,17H2,1-2H3. The van der Waals surface area contributed by atoms with Gasteiger partial charge in [0.05, 0.1) is 3.57 Å². The molecule has 0 unspecified atom stereocenters. The lowest BCUT2D eigenvalue weighted by Crippen LogP contribution is -1.94. The molecule has 2 aromatic carbocycles. The number of hydrogen-bond donors (Lipinski definition) is 1. The summed E-state index contributed by atoms with van der Waals surface area (Å²) in [7, 11) is 0. The minimum atomic E-state index is 0.726. The van der Waals surface area contributed by atoms with E-state index in [9.17, 15) is 0 Å².